The fourth-order valence-corrected chi connectivity index (χ4v) is 2.99. The van der Waals surface area contributed by atoms with Gasteiger partial charge < -0.3 is 15.3 Å². The summed E-state index contributed by atoms with van der Waals surface area (Å²) in [5, 5.41) is 12.8. The number of phenolic OH excluding ortho intramolecular Hbond substituents is 1. The van der Waals surface area contributed by atoms with Crippen LogP contribution in [0.3, 0.4) is 0 Å². The van der Waals surface area contributed by atoms with Gasteiger partial charge in [-0.15, -0.1) is 0 Å². The first-order valence-corrected chi connectivity index (χ1v) is 9.69. The molecular weight excluding hydrogens is 362 g/mol. The fourth-order valence-electron chi connectivity index (χ4n) is 2.99. The number of aromatic nitrogens is 1. The first-order chi connectivity index (χ1) is 14.0. The van der Waals surface area contributed by atoms with Gasteiger partial charge in [0.2, 0.25) is 0 Å². The number of allylic oxidation sites excluding steroid dienone is 1. The monoisotopic (exact) mass is 389 g/mol. The maximum absolute atomic E-state index is 9.40. The Balaban J connectivity index is 1.77. The molecule has 29 heavy (non-hydrogen) atoms. The van der Waals surface area contributed by atoms with Crippen molar-refractivity contribution in [3.63, 3.8) is 0 Å². The molecule has 0 fully saturated rings. The summed E-state index contributed by atoms with van der Waals surface area (Å²) < 4.78 is 0. The molecule has 0 bridgehead atoms. The molecule has 0 saturated carbocycles. The lowest BCUT2D eigenvalue weighted by Gasteiger charge is -2.21. The highest BCUT2D eigenvalue weighted by Gasteiger charge is 2.25. The Labute approximate surface area is 172 Å². The van der Waals surface area contributed by atoms with E-state index in [2.05, 4.69) is 35.7 Å². The van der Waals surface area contributed by atoms with E-state index in [-0.39, 0.29) is 11.8 Å². The summed E-state index contributed by atoms with van der Waals surface area (Å²) in [4.78, 5) is 15.5. The summed E-state index contributed by atoms with van der Waals surface area (Å²) in [5.74, 6) is 1.07. The molecule has 0 aliphatic carbocycles. The third-order valence-electron chi connectivity index (χ3n) is 4.67. The van der Waals surface area contributed by atoms with Crippen molar-refractivity contribution in [3.8, 4) is 5.75 Å². The van der Waals surface area contributed by atoms with Crippen molar-refractivity contribution in [2.24, 2.45) is 9.98 Å². The van der Waals surface area contributed by atoms with Gasteiger partial charge in [-0.25, -0.2) is 9.98 Å². The Morgan fingerprint density at radius 3 is 2.52 bits per heavy atom. The van der Waals surface area contributed by atoms with Crippen LogP contribution in [0.5, 0.6) is 5.75 Å². The van der Waals surface area contributed by atoms with E-state index in [1.165, 1.54) is 0 Å². The number of rotatable bonds is 7. The van der Waals surface area contributed by atoms with E-state index in [9.17, 15) is 5.11 Å². The van der Waals surface area contributed by atoms with Gasteiger partial charge in [0.05, 0.1) is 12.0 Å². The summed E-state index contributed by atoms with van der Waals surface area (Å²) in [6.45, 7) is 11.1. The zero-order chi connectivity index (χ0) is 20.8. The van der Waals surface area contributed by atoms with Crippen molar-refractivity contribution < 1.29 is 5.11 Å². The summed E-state index contributed by atoms with van der Waals surface area (Å²) in [6.07, 6.45) is 6.14. The van der Waals surface area contributed by atoms with Crippen molar-refractivity contribution in [1.29, 1.82) is 0 Å². The molecule has 6 heteroatoms. The van der Waals surface area contributed by atoms with Crippen molar-refractivity contribution in [1.82, 2.24) is 15.2 Å². The number of hydrogen-bond donors (Lipinski definition) is 2. The van der Waals surface area contributed by atoms with Crippen LogP contribution in [0.1, 0.15) is 31.9 Å². The number of nitrogens with one attached hydrogen (secondary N) is 1. The highest BCUT2D eigenvalue weighted by Crippen LogP contribution is 2.22. The second-order valence-corrected chi connectivity index (χ2v) is 7.18. The van der Waals surface area contributed by atoms with E-state index in [4.69, 9.17) is 4.99 Å². The molecule has 1 aliphatic rings. The summed E-state index contributed by atoms with van der Waals surface area (Å²) in [7, 11) is 0. The Kier molecular flexibility index (Phi) is 6.44. The Hall–Kier alpha value is -3.41. The molecule has 1 aliphatic heterocycles. The molecule has 150 valence electrons. The number of benzene rings is 1. The summed E-state index contributed by atoms with van der Waals surface area (Å²) >= 11 is 0. The lowest BCUT2D eigenvalue weighted by Crippen LogP contribution is -2.33. The van der Waals surface area contributed by atoms with Crippen LogP contribution in [0.25, 0.3) is 5.70 Å². The number of aliphatic imine (C=N–C) groups is 2. The first-order valence-electron chi connectivity index (χ1n) is 9.69. The minimum atomic E-state index is 0.227. The Morgan fingerprint density at radius 2 is 1.86 bits per heavy atom. The SMILES string of the molecule is C=C(/N=C1\C(=C(/C)NCCc2ccc(O)cc2)N=CN1C(C)C)c1ccncc1. The molecule has 0 unspecified atom stereocenters. The van der Waals surface area contributed by atoms with Gasteiger partial charge in [0, 0.05) is 36.2 Å². The molecule has 2 heterocycles. The molecule has 1 aromatic heterocycles. The van der Waals surface area contributed by atoms with E-state index in [0.717, 1.165) is 41.3 Å². The third-order valence-corrected chi connectivity index (χ3v) is 4.67. The lowest BCUT2D eigenvalue weighted by molar-refractivity contribution is 0.475. The predicted molar refractivity (Wildman–Crippen MR) is 119 cm³/mol. The zero-order valence-electron chi connectivity index (χ0n) is 17.1. The Bertz CT molecular complexity index is 943. The van der Waals surface area contributed by atoms with E-state index >= 15 is 0 Å². The van der Waals surface area contributed by atoms with Crippen LogP contribution in [0, 0.1) is 0 Å². The average Bonchev–Trinajstić information content (AvgIpc) is 3.14. The normalized spacial score (nSPS) is 16.6. The second-order valence-electron chi connectivity index (χ2n) is 7.18. The number of nitrogens with zero attached hydrogens (tertiary/aromatic N) is 4. The number of phenols is 1. The minimum Gasteiger partial charge on any atom is -0.508 e. The number of aromatic hydroxyl groups is 1. The van der Waals surface area contributed by atoms with E-state index < -0.39 is 0 Å². The standard InChI is InChI=1S/C23H27N5O/c1-16(2)28-15-26-22(23(28)27-17(3)20-10-12-24-13-11-20)18(4)25-14-9-19-5-7-21(29)8-6-19/h5-8,10-13,15-16,25,29H,3,9,14H2,1-2,4H3/b22-18-,27-23+. The van der Waals surface area contributed by atoms with Crippen LogP contribution in [-0.4, -0.2) is 39.8 Å². The van der Waals surface area contributed by atoms with Crippen molar-refractivity contribution in [3.05, 3.63) is 77.9 Å². The number of pyridine rings is 1. The number of amidine groups is 1. The van der Waals surface area contributed by atoms with Gasteiger partial charge in [0.25, 0.3) is 0 Å². The van der Waals surface area contributed by atoms with Crippen LogP contribution in [-0.2, 0) is 6.42 Å². The molecule has 0 atom stereocenters. The molecule has 2 aromatic rings. The summed E-state index contributed by atoms with van der Waals surface area (Å²) in [5.41, 5.74) is 4.55. The largest absolute Gasteiger partial charge is 0.508 e. The van der Waals surface area contributed by atoms with E-state index in [0.29, 0.717) is 5.70 Å². The van der Waals surface area contributed by atoms with E-state index in [1.807, 2.05) is 42.4 Å². The van der Waals surface area contributed by atoms with Crippen LogP contribution in [0.15, 0.2) is 76.7 Å². The third kappa shape index (κ3) is 5.10. The summed E-state index contributed by atoms with van der Waals surface area (Å²) in [6, 6.07) is 11.3. The molecule has 0 radical (unpaired) electrons. The molecule has 0 amide bonds. The number of hydrogen-bond acceptors (Lipinski definition) is 5. The van der Waals surface area contributed by atoms with Gasteiger partial charge >= 0.3 is 0 Å². The molecule has 0 spiro atoms. The van der Waals surface area contributed by atoms with Crippen molar-refractivity contribution in [2.75, 3.05) is 6.54 Å². The topological polar surface area (TPSA) is 73.1 Å². The molecule has 6 nitrogen and oxygen atoms in total. The van der Waals surface area contributed by atoms with Crippen LogP contribution >= 0.6 is 0 Å². The van der Waals surface area contributed by atoms with E-state index in [1.54, 1.807) is 24.5 Å². The van der Waals surface area contributed by atoms with Crippen molar-refractivity contribution in [2.45, 2.75) is 33.2 Å². The molecule has 3 rings (SSSR count). The maximum Gasteiger partial charge on any atom is 0.162 e. The van der Waals surface area contributed by atoms with Gasteiger partial charge in [-0.2, -0.15) is 0 Å². The fraction of sp³-hybridized carbons (Fsp3) is 0.261. The van der Waals surface area contributed by atoms with Gasteiger partial charge in [-0.3, -0.25) is 4.98 Å². The van der Waals surface area contributed by atoms with Crippen molar-refractivity contribution >= 4 is 17.9 Å². The van der Waals surface area contributed by atoms with Gasteiger partial charge in [-0.1, -0.05) is 18.7 Å². The smallest absolute Gasteiger partial charge is 0.162 e. The molecule has 0 saturated heterocycles. The minimum absolute atomic E-state index is 0.227. The average molecular weight is 390 g/mol. The highest BCUT2D eigenvalue weighted by atomic mass is 16.3. The van der Waals surface area contributed by atoms with Gasteiger partial charge in [0.1, 0.15) is 11.4 Å². The van der Waals surface area contributed by atoms with Crippen LogP contribution in [0.2, 0.25) is 0 Å². The van der Waals surface area contributed by atoms with Gasteiger partial charge in [-0.05, 0) is 57.0 Å². The maximum atomic E-state index is 9.40. The van der Waals surface area contributed by atoms with Gasteiger partial charge in [0.15, 0.2) is 5.84 Å². The lowest BCUT2D eigenvalue weighted by atomic mass is 10.1. The molecule has 2 N–H and O–H groups in total. The Morgan fingerprint density at radius 1 is 1.17 bits per heavy atom. The van der Waals surface area contributed by atoms with Crippen LogP contribution in [0.4, 0.5) is 0 Å². The molecule has 1 aromatic carbocycles. The predicted octanol–water partition coefficient (Wildman–Crippen LogP) is 3.97. The second kappa shape index (κ2) is 9.19. The zero-order valence-corrected chi connectivity index (χ0v) is 17.1. The quantitative estimate of drug-likeness (QED) is 0.751. The highest BCUT2D eigenvalue weighted by molar-refractivity contribution is 6.11. The first kappa shape index (κ1) is 20.3. The van der Waals surface area contributed by atoms with Crippen LogP contribution < -0.4 is 5.32 Å². The molecular formula is C23H27N5O.